The summed E-state index contributed by atoms with van der Waals surface area (Å²) in [6.45, 7) is 4.76. The summed E-state index contributed by atoms with van der Waals surface area (Å²) in [5.41, 5.74) is 1.09. The Hall–Kier alpha value is -1.40. The normalized spacial score (nSPS) is 19.9. The van der Waals surface area contributed by atoms with Gasteiger partial charge in [-0.15, -0.1) is 11.3 Å². The van der Waals surface area contributed by atoms with Crippen molar-refractivity contribution in [2.24, 2.45) is 0 Å². The highest BCUT2D eigenvalue weighted by Crippen LogP contribution is 2.22. The number of ether oxygens (including phenoxy) is 1. The van der Waals surface area contributed by atoms with Gasteiger partial charge in [-0.2, -0.15) is 0 Å². The lowest BCUT2D eigenvalue weighted by atomic mass is 10.2. The maximum Gasteiger partial charge on any atom is 0.334 e. The van der Waals surface area contributed by atoms with Gasteiger partial charge >= 0.3 is 5.97 Å². The van der Waals surface area contributed by atoms with Gasteiger partial charge in [0.05, 0.1) is 18.0 Å². The number of morpholine rings is 1. The number of hydrogen-bond donors (Lipinski definition) is 1. The number of thiophene rings is 1. The van der Waals surface area contributed by atoms with Crippen LogP contribution in [0.15, 0.2) is 6.07 Å². The Morgan fingerprint density at radius 1 is 1.50 bits per heavy atom. The summed E-state index contributed by atoms with van der Waals surface area (Å²) in [6, 6.07) is 1.85. The molecule has 0 saturated carbocycles. The van der Waals surface area contributed by atoms with Gasteiger partial charge in [0.15, 0.2) is 6.10 Å². The molecule has 1 fully saturated rings. The SMILES string of the molecule is Cc1cc(C(=O)N2CCO[C@@H](C(=O)O)C2)sc1C. The van der Waals surface area contributed by atoms with Crippen molar-refractivity contribution in [3.8, 4) is 0 Å². The van der Waals surface area contributed by atoms with Crippen LogP contribution in [0.3, 0.4) is 0 Å². The van der Waals surface area contributed by atoms with E-state index >= 15 is 0 Å². The van der Waals surface area contributed by atoms with Gasteiger partial charge in [0.1, 0.15) is 0 Å². The van der Waals surface area contributed by atoms with E-state index < -0.39 is 12.1 Å². The molecule has 2 heterocycles. The van der Waals surface area contributed by atoms with E-state index in [1.807, 2.05) is 19.9 Å². The molecule has 1 aliphatic rings. The van der Waals surface area contributed by atoms with Crippen molar-refractivity contribution >= 4 is 23.2 Å². The van der Waals surface area contributed by atoms with Gasteiger partial charge in [-0.25, -0.2) is 4.79 Å². The number of carbonyl (C=O) groups excluding carboxylic acids is 1. The molecule has 1 aromatic rings. The van der Waals surface area contributed by atoms with Gasteiger partial charge in [0, 0.05) is 11.4 Å². The van der Waals surface area contributed by atoms with Crippen LogP contribution in [0, 0.1) is 13.8 Å². The second-order valence-electron chi connectivity index (χ2n) is 4.30. The second-order valence-corrected chi connectivity index (χ2v) is 5.56. The monoisotopic (exact) mass is 269 g/mol. The molecular formula is C12H15NO4S. The molecule has 1 amide bonds. The van der Waals surface area contributed by atoms with Crippen LogP contribution >= 0.6 is 11.3 Å². The number of aryl methyl sites for hydroxylation is 2. The Labute approximate surface area is 109 Å². The summed E-state index contributed by atoms with van der Waals surface area (Å²) in [7, 11) is 0. The van der Waals surface area contributed by atoms with Gasteiger partial charge in [-0.3, -0.25) is 4.79 Å². The van der Waals surface area contributed by atoms with Crippen LogP contribution in [-0.4, -0.2) is 47.7 Å². The molecule has 0 aromatic carbocycles. The molecule has 0 unspecified atom stereocenters. The van der Waals surface area contributed by atoms with E-state index in [0.29, 0.717) is 11.4 Å². The topological polar surface area (TPSA) is 66.8 Å². The van der Waals surface area contributed by atoms with Crippen molar-refractivity contribution in [2.45, 2.75) is 20.0 Å². The predicted octanol–water partition coefficient (Wildman–Crippen LogP) is 1.29. The highest BCUT2D eigenvalue weighted by Gasteiger charge is 2.30. The molecule has 1 aliphatic heterocycles. The summed E-state index contributed by atoms with van der Waals surface area (Å²) in [5, 5.41) is 8.90. The number of amides is 1. The molecule has 1 N–H and O–H groups in total. The van der Waals surface area contributed by atoms with E-state index in [-0.39, 0.29) is 19.1 Å². The van der Waals surface area contributed by atoms with Crippen LogP contribution in [0.2, 0.25) is 0 Å². The van der Waals surface area contributed by atoms with Gasteiger partial charge in [0.25, 0.3) is 5.91 Å². The smallest absolute Gasteiger partial charge is 0.334 e. The zero-order valence-electron chi connectivity index (χ0n) is 10.3. The summed E-state index contributed by atoms with van der Waals surface area (Å²) < 4.78 is 5.09. The lowest BCUT2D eigenvalue weighted by Gasteiger charge is -2.30. The number of rotatable bonds is 2. The summed E-state index contributed by atoms with van der Waals surface area (Å²) in [5.74, 6) is -1.13. The number of hydrogen-bond acceptors (Lipinski definition) is 4. The van der Waals surface area contributed by atoms with Gasteiger partial charge in [-0.05, 0) is 25.5 Å². The zero-order valence-corrected chi connectivity index (χ0v) is 11.1. The lowest BCUT2D eigenvalue weighted by Crippen LogP contribution is -2.48. The van der Waals surface area contributed by atoms with E-state index in [2.05, 4.69) is 0 Å². The Morgan fingerprint density at radius 3 is 2.78 bits per heavy atom. The molecule has 1 atom stereocenters. The van der Waals surface area contributed by atoms with Gasteiger partial charge in [-0.1, -0.05) is 0 Å². The van der Waals surface area contributed by atoms with Crippen molar-refractivity contribution in [3.63, 3.8) is 0 Å². The minimum atomic E-state index is -1.02. The average Bonchev–Trinajstić information content (AvgIpc) is 2.69. The third-order valence-electron chi connectivity index (χ3n) is 3.01. The molecule has 1 aromatic heterocycles. The molecule has 0 bridgehead atoms. The van der Waals surface area contributed by atoms with Crippen molar-refractivity contribution in [2.75, 3.05) is 19.7 Å². The maximum atomic E-state index is 12.2. The largest absolute Gasteiger partial charge is 0.479 e. The lowest BCUT2D eigenvalue weighted by molar-refractivity contribution is -0.154. The minimum absolute atomic E-state index is 0.106. The first kappa shape index (κ1) is 13.0. The van der Waals surface area contributed by atoms with E-state index in [4.69, 9.17) is 9.84 Å². The van der Waals surface area contributed by atoms with Gasteiger partial charge < -0.3 is 14.7 Å². The van der Waals surface area contributed by atoms with Crippen LogP contribution in [0.1, 0.15) is 20.1 Å². The third-order valence-corrected chi connectivity index (χ3v) is 4.15. The van der Waals surface area contributed by atoms with E-state index in [9.17, 15) is 9.59 Å². The highest BCUT2D eigenvalue weighted by molar-refractivity contribution is 7.14. The fourth-order valence-corrected chi connectivity index (χ4v) is 2.82. The average molecular weight is 269 g/mol. The van der Waals surface area contributed by atoms with E-state index in [0.717, 1.165) is 10.4 Å². The summed E-state index contributed by atoms with van der Waals surface area (Å²) >= 11 is 1.45. The van der Waals surface area contributed by atoms with Crippen LogP contribution in [0.4, 0.5) is 0 Å². The predicted molar refractivity (Wildman–Crippen MR) is 67.1 cm³/mol. The molecule has 18 heavy (non-hydrogen) atoms. The molecule has 98 valence electrons. The van der Waals surface area contributed by atoms with Crippen LogP contribution in [-0.2, 0) is 9.53 Å². The zero-order chi connectivity index (χ0) is 13.3. The number of carboxylic acid groups (broad SMARTS) is 1. The Kier molecular flexibility index (Phi) is 3.68. The van der Waals surface area contributed by atoms with Crippen molar-refractivity contribution in [1.82, 2.24) is 4.90 Å². The highest BCUT2D eigenvalue weighted by atomic mass is 32.1. The Morgan fingerprint density at radius 2 is 2.22 bits per heavy atom. The molecule has 0 aliphatic carbocycles. The van der Waals surface area contributed by atoms with Crippen LogP contribution < -0.4 is 0 Å². The first-order chi connectivity index (χ1) is 8.49. The first-order valence-electron chi connectivity index (χ1n) is 5.69. The molecule has 6 heteroatoms. The second kappa shape index (κ2) is 5.07. The van der Waals surface area contributed by atoms with Gasteiger partial charge in [0.2, 0.25) is 0 Å². The fourth-order valence-electron chi connectivity index (χ4n) is 1.82. The molecular weight excluding hydrogens is 254 g/mol. The molecule has 1 saturated heterocycles. The Balaban J connectivity index is 2.11. The molecule has 2 rings (SSSR count). The number of carboxylic acids is 1. The molecule has 5 nitrogen and oxygen atoms in total. The fraction of sp³-hybridized carbons (Fsp3) is 0.500. The summed E-state index contributed by atoms with van der Waals surface area (Å²) in [4.78, 5) is 26.4. The minimum Gasteiger partial charge on any atom is -0.479 e. The third kappa shape index (κ3) is 2.54. The quantitative estimate of drug-likeness (QED) is 0.878. The van der Waals surface area contributed by atoms with E-state index in [1.165, 1.54) is 11.3 Å². The summed E-state index contributed by atoms with van der Waals surface area (Å²) in [6.07, 6.45) is -0.912. The number of aliphatic carboxylic acids is 1. The van der Waals surface area contributed by atoms with Crippen LogP contribution in [0.25, 0.3) is 0 Å². The molecule has 0 spiro atoms. The standard InChI is InChI=1S/C12H15NO4S/c1-7-5-10(18-8(7)2)11(14)13-3-4-17-9(6-13)12(15)16/h5,9H,3-4,6H2,1-2H3,(H,15,16)/t9-/m1/s1. The van der Waals surface area contributed by atoms with Crippen molar-refractivity contribution in [1.29, 1.82) is 0 Å². The van der Waals surface area contributed by atoms with Crippen LogP contribution in [0.5, 0.6) is 0 Å². The number of carbonyl (C=O) groups is 2. The molecule has 0 radical (unpaired) electrons. The maximum absolute atomic E-state index is 12.2. The van der Waals surface area contributed by atoms with Crippen molar-refractivity contribution in [3.05, 3.63) is 21.4 Å². The van der Waals surface area contributed by atoms with Crippen molar-refractivity contribution < 1.29 is 19.4 Å². The van der Waals surface area contributed by atoms with E-state index in [1.54, 1.807) is 4.90 Å². The Bertz CT molecular complexity index is 463. The first-order valence-corrected chi connectivity index (χ1v) is 6.51. The number of nitrogens with zero attached hydrogens (tertiary/aromatic N) is 1.